The van der Waals surface area contributed by atoms with Gasteiger partial charge in [0.15, 0.2) is 5.65 Å². The van der Waals surface area contributed by atoms with Gasteiger partial charge in [-0.2, -0.15) is 0 Å². The lowest BCUT2D eigenvalue weighted by Crippen LogP contribution is -2.28. The number of hydrogen-bond acceptors (Lipinski definition) is 6. The maximum Gasteiger partial charge on any atom is 0.179 e. The highest BCUT2D eigenvalue weighted by atomic mass is 15.2. The first kappa shape index (κ1) is 19.8. The molecule has 33 heavy (non-hydrogen) atoms. The third-order valence-electron chi connectivity index (χ3n) is 6.18. The molecule has 2 N–H and O–H groups in total. The minimum atomic E-state index is 0.688. The van der Waals surface area contributed by atoms with Crippen molar-refractivity contribution in [3.8, 4) is 11.3 Å². The van der Waals surface area contributed by atoms with Crippen LogP contribution >= 0.6 is 0 Å². The van der Waals surface area contributed by atoms with Crippen molar-refractivity contribution < 1.29 is 0 Å². The molecular weight excluding hydrogens is 410 g/mol. The second-order valence-electron chi connectivity index (χ2n) is 8.45. The van der Waals surface area contributed by atoms with Crippen LogP contribution in [0.1, 0.15) is 17.8 Å². The first-order valence-electron chi connectivity index (χ1n) is 11.4. The highest BCUT2D eigenvalue weighted by Gasteiger charge is 2.13. The van der Waals surface area contributed by atoms with Crippen LogP contribution in [0.4, 0.5) is 5.82 Å². The van der Waals surface area contributed by atoms with Gasteiger partial charge in [0.05, 0.1) is 11.2 Å². The average Bonchev–Trinajstić information content (AvgIpc) is 3.06. The molecule has 1 aliphatic heterocycles. The first-order chi connectivity index (χ1) is 16.3. The normalized spacial score (nSPS) is 14.6. The molecule has 0 atom stereocenters. The zero-order valence-corrected chi connectivity index (χ0v) is 18.3. The Labute approximate surface area is 191 Å². The van der Waals surface area contributed by atoms with E-state index in [1.54, 1.807) is 0 Å². The molecule has 4 aromatic heterocycles. The van der Waals surface area contributed by atoms with E-state index in [4.69, 9.17) is 9.97 Å². The molecule has 1 fully saturated rings. The van der Waals surface area contributed by atoms with Gasteiger partial charge < -0.3 is 15.2 Å². The Morgan fingerprint density at radius 2 is 1.91 bits per heavy atom. The second-order valence-corrected chi connectivity index (χ2v) is 8.45. The molecule has 1 aliphatic rings. The van der Waals surface area contributed by atoms with Crippen LogP contribution in [0.5, 0.6) is 0 Å². The molecule has 5 heterocycles. The Bertz CT molecular complexity index is 1410. The van der Waals surface area contributed by atoms with Gasteiger partial charge in [-0.25, -0.2) is 9.97 Å². The molecule has 6 rings (SSSR count). The predicted molar refractivity (Wildman–Crippen MR) is 131 cm³/mol. The summed E-state index contributed by atoms with van der Waals surface area (Å²) in [6.07, 6.45) is 7.45. The standard InChI is InChI=1S/C26H25N7/c1-2-5-20-19(4-1)16-28-17-21(20)23-14-18(8-10-29-23)15-24-30-22-6-7-25(32-26(22)31-24)33-12-3-9-27-11-13-33/h1-2,4-8,10,14,16-17,27H,3,9,11-13,15H2,(H,30,31,32). The van der Waals surface area contributed by atoms with Gasteiger partial charge >= 0.3 is 0 Å². The summed E-state index contributed by atoms with van der Waals surface area (Å²) in [5.74, 6) is 1.90. The fourth-order valence-corrected chi connectivity index (χ4v) is 4.51. The molecule has 0 bridgehead atoms. The smallest absolute Gasteiger partial charge is 0.179 e. The molecule has 0 unspecified atom stereocenters. The van der Waals surface area contributed by atoms with Crippen molar-refractivity contribution in [3.05, 3.63) is 78.5 Å². The van der Waals surface area contributed by atoms with Gasteiger partial charge in [0, 0.05) is 55.6 Å². The van der Waals surface area contributed by atoms with Crippen molar-refractivity contribution in [3.63, 3.8) is 0 Å². The number of pyridine rings is 3. The summed E-state index contributed by atoms with van der Waals surface area (Å²) in [7, 11) is 0. The van der Waals surface area contributed by atoms with Gasteiger partial charge in [-0.3, -0.25) is 9.97 Å². The van der Waals surface area contributed by atoms with Gasteiger partial charge in [-0.15, -0.1) is 0 Å². The highest BCUT2D eigenvalue weighted by molar-refractivity contribution is 5.94. The van der Waals surface area contributed by atoms with E-state index >= 15 is 0 Å². The Kier molecular flexibility index (Phi) is 5.16. The number of benzene rings is 1. The summed E-state index contributed by atoms with van der Waals surface area (Å²) in [4.78, 5) is 24.4. The van der Waals surface area contributed by atoms with Crippen molar-refractivity contribution >= 4 is 27.8 Å². The number of aromatic amines is 1. The number of imidazole rings is 1. The average molecular weight is 436 g/mol. The fraction of sp³-hybridized carbons (Fsp3) is 0.231. The lowest BCUT2D eigenvalue weighted by molar-refractivity contribution is 0.724. The Morgan fingerprint density at radius 3 is 2.91 bits per heavy atom. The minimum Gasteiger partial charge on any atom is -0.355 e. The van der Waals surface area contributed by atoms with Gasteiger partial charge in [0.1, 0.15) is 11.6 Å². The molecule has 0 spiro atoms. The number of H-pyrrole nitrogens is 1. The van der Waals surface area contributed by atoms with E-state index in [2.05, 4.69) is 55.5 Å². The van der Waals surface area contributed by atoms with Crippen molar-refractivity contribution in [1.29, 1.82) is 0 Å². The summed E-state index contributed by atoms with van der Waals surface area (Å²) in [5.41, 5.74) is 4.84. The van der Waals surface area contributed by atoms with Crippen molar-refractivity contribution in [2.45, 2.75) is 12.8 Å². The topological polar surface area (TPSA) is 82.6 Å². The van der Waals surface area contributed by atoms with Gasteiger partial charge in [0.2, 0.25) is 0 Å². The van der Waals surface area contributed by atoms with Crippen LogP contribution in [-0.2, 0) is 6.42 Å². The Hall–Kier alpha value is -3.84. The lowest BCUT2D eigenvalue weighted by atomic mass is 10.0. The summed E-state index contributed by atoms with van der Waals surface area (Å²) < 4.78 is 0. The number of hydrogen-bond donors (Lipinski definition) is 2. The van der Waals surface area contributed by atoms with Crippen LogP contribution in [0.2, 0.25) is 0 Å². The monoisotopic (exact) mass is 435 g/mol. The maximum absolute atomic E-state index is 4.84. The van der Waals surface area contributed by atoms with Crippen LogP contribution in [-0.4, -0.2) is 51.1 Å². The fourth-order valence-electron chi connectivity index (χ4n) is 4.51. The van der Waals surface area contributed by atoms with Crippen molar-refractivity contribution in [2.75, 3.05) is 31.1 Å². The first-order valence-corrected chi connectivity index (χ1v) is 11.4. The lowest BCUT2D eigenvalue weighted by Gasteiger charge is -2.20. The van der Waals surface area contributed by atoms with E-state index in [1.807, 2.05) is 36.8 Å². The molecule has 1 saturated heterocycles. The number of anilines is 1. The number of nitrogens with one attached hydrogen (secondary N) is 2. The van der Waals surface area contributed by atoms with Crippen molar-refractivity contribution in [2.24, 2.45) is 0 Å². The third kappa shape index (κ3) is 4.03. The Morgan fingerprint density at radius 1 is 0.939 bits per heavy atom. The van der Waals surface area contributed by atoms with E-state index in [0.29, 0.717) is 6.42 Å². The number of aromatic nitrogens is 5. The zero-order chi connectivity index (χ0) is 22.0. The van der Waals surface area contributed by atoms with Gasteiger partial charge in [-0.1, -0.05) is 24.3 Å². The zero-order valence-electron chi connectivity index (χ0n) is 18.3. The van der Waals surface area contributed by atoms with E-state index in [1.165, 1.54) is 0 Å². The molecule has 5 aromatic rings. The molecule has 0 aliphatic carbocycles. The van der Waals surface area contributed by atoms with Crippen LogP contribution in [0.15, 0.2) is 67.1 Å². The molecule has 0 radical (unpaired) electrons. The molecule has 7 heteroatoms. The summed E-state index contributed by atoms with van der Waals surface area (Å²) >= 11 is 0. The molecular formula is C26H25N7. The second kappa shape index (κ2) is 8.60. The van der Waals surface area contributed by atoms with E-state index < -0.39 is 0 Å². The largest absolute Gasteiger partial charge is 0.355 e. The van der Waals surface area contributed by atoms with Crippen LogP contribution < -0.4 is 10.2 Å². The van der Waals surface area contributed by atoms with Crippen LogP contribution in [0, 0.1) is 0 Å². The molecule has 1 aromatic carbocycles. The SMILES string of the molecule is c1ccc2c(-c3cc(Cc4nc5nc(N6CCCNCC6)ccc5[nH]4)ccn3)cncc2c1. The predicted octanol–water partition coefficient (Wildman–Crippen LogP) is 3.96. The third-order valence-corrected chi connectivity index (χ3v) is 6.18. The summed E-state index contributed by atoms with van der Waals surface area (Å²) in [6.45, 7) is 4.04. The summed E-state index contributed by atoms with van der Waals surface area (Å²) in [6, 6.07) is 16.6. The maximum atomic E-state index is 4.84. The number of nitrogens with zero attached hydrogens (tertiary/aromatic N) is 5. The van der Waals surface area contributed by atoms with E-state index in [-0.39, 0.29) is 0 Å². The number of fused-ring (bicyclic) bond motifs is 2. The van der Waals surface area contributed by atoms with Gasteiger partial charge in [0.25, 0.3) is 0 Å². The molecule has 0 amide bonds. The Balaban J connectivity index is 1.28. The molecule has 7 nitrogen and oxygen atoms in total. The van der Waals surface area contributed by atoms with E-state index in [9.17, 15) is 0 Å². The van der Waals surface area contributed by atoms with Crippen LogP contribution in [0.25, 0.3) is 33.2 Å². The summed E-state index contributed by atoms with van der Waals surface area (Å²) in [5, 5.41) is 5.71. The quantitative estimate of drug-likeness (QED) is 0.445. The highest BCUT2D eigenvalue weighted by Crippen LogP contribution is 2.27. The van der Waals surface area contributed by atoms with Crippen molar-refractivity contribution in [1.82, 2.24) is 30.2 Å². The molecule has 0 saturated carbocycles. The van der Waals surface area contributed by atoms with E-state index in [0.717, 1.165) is 83.0 Å². The molecule has 164 valence electrons. The van der Waals surface area contributed by atoms with Crippen LogP contribution in [0.3, 0.4) is 0 Å². The minimum absolute atomic E-state index is 0.688. The van der Waals surface area contributed by atoms with Gasteiger partial charge in [-0.05, 0) is 48.2 Å². The number of rotatable bonds is 4.